The molecule has 0 aromatic carbocycles. The van der Waals surface area contributed by atoms with E-state index in [-0.39, 0.29) is 6.54 Å². The van der Waals surface area contributed by atoms with Crippen LogP contribution in [-0.2, 0) is 4.79 Å². The lowest BCUT2D eigenvalue weighted by Gasteiger charge is -2.37. The van der Waals surface area contributed by atoms with E-state index in [0.717, 1.165) is 50.5 Å². The molecule has 1 aliphatic carbocycles. The number of carboxylic acid groups (broad SMARTS) is 1. The van der Waals surface area contributed by atoms with E-state index in [4.69, 9.17) is 5.11 Å². The first-order valence-corrected chi connectivity index (χ1v) is 8.72. The summed E-state index contributed by atoms with van der Waals surface area (Å²) in [5.41, 5.74) is 0. The van der Waals surface area contributed by atoms with Gasteiger partial charge in [-0.1, -0.05) is 26.7 Å². The van der Waals surface area contributed by atoms with E-state index in [9.17, 15) is 4.79 Å². The molecule has 1 saturated carbocycles. The van der Waals surface area contributed by atoms with Gasteiger partial charge in [-0.3, -0.25) is 14.6 Å². The van der Waals surface area contributed by atoms with Crippen molar-refractivity contribution in [3.63, 3.8) is 0 Å². The van der Waals surface area contributed by atoms with Crippen LogP contribution in [0.15, 0.2) is 0 Å². The van der Waals surface area contributed by atoms with Crippen LogP contribution in [0.3, 0.4) is 0 Å². The molecular weight excluding hydrogens is 264 g/mol. The first kappa shape index (κ1) is 16.8. The summed E-state index contributed by atoms with van der Waals surface area (Å²) < 4.78 is 0. The van der Waals surface area contributed by atoms with Crippen LogP contribution in [-0.4, -0.2) is 59.6 Å². The van der Waals surface area contributed by atoms with E-state index in [0.29, 0.717) is 0 Å². The lowest BCUT2D eigenvalue weighted by atomic mass is 9.80. The van der Waals surface area contributed by atoms with Crippen LogP contribution in [0.25, 0.3) is 0 Å². The molecule has 2 atom stereocenters. The van der Waals surface area contributed by atoms with E-state index in [1.807, 2.05) is 0 Å². The Bertz CT molecular complexity index is 333. The normalized spacial score (nSPS) is 29.5. The van der Waals surface area contributed by atoms with Crippen LogP contribution in [0.1, 0.15) is 52.4 Å². The first-order chi connectivity index (χ1) is 10.0. The van der Waals surface area contributed by atoms with Crippen molar-refractivity contribution >= 4 is 5.97 Å². The molecule has 0 amide bonds. The zero-order valence-electron chi connectivity index (χ0n) is 13.8. The van der Waals surface area contributed by atoms with Gasteiger partial charge < -0.3 is 5.11 Å². The standard InChI is InChI=1S/C17H32N2O2/c1-14(2)11-15-5-3-6-16(12-15)19-8-4-7-18(9-10-19)13-17(20)21/h14-16H,3-13H2,1-2H3,(H,20,21). The number of carbonyl (C=O) groups is 1. The quantitative estimate of drug-likeness (QED) is 0.847. The molecule has 0 spiro atoms. The predicted octanol–water partition coefficient (Wildman–Crippen LogP) is 2.68. The van der Waals surface area contributed by atoms with Crippen molar-refractivity contribution in [3.05, 3.63) is 0 Å². The maximum absolute atomic E-state index is 10.9. The fourth-order valence-corrected chi connectivity index (χ4v) is 4.18. The van der Waals surface area contributed by atoms with Gasteiger partial charge in [0.2, 0.25) is 0 Å². The van der Waals surface area contributed by atoms with Gasteiger partial charge in [0.25, 0.3) is 0 Å². The number of aliphatic carboxylic acids is 1. The summed E-state index contributed by atoms with van der Waals surface area (Å²) in [6, 6.07) is 0.743. The molecule has 0 radical (unpaired) electrons. The number of rotatable bonds is 5. The van der Waals surface area contributed by atoms with Crippen LogP contribution in [0, 0.1) is 11.8 Å². The Balaban J connectivity index is 1.82. The second kappa shape index (κ2) is 8.14. The van der Waals surface area contributed by atoms with Gasteiger partial charge in [0, 0.05) is 25.7 Å². The minimum Gasteiger partial charge on any atom is -0.480 e. The van der Waals surface area contributed by atoms with E-state index in [1.165, 1.54) is 32.1 Å². The molecule has 1 heterocycles. The molecule has 1 aliphatic heterocycles. The van der Waals surface area contributed by atoms with Gasteiger partial charge in [-0.15, -0.1) is 0 Å². The highest BCUT2D eigenvalue weighted by molar-refractivity contribution is 5.69. The topological polar surface area (TPSA) is 43.8 Å². The van der Waals surface area contributed by atoms with Crippen molar-refractivity contribution in [1.29, 1.82) is 0 Å². The van der Waals surface area contributed by atoms with Gasteiger partial charge in [-0.25, -0.2) is 0 Å². The summed E-state index contributed by atoms with van der Waals surface area (Å²) in [6.45, 7) is 8.91. The Labute approximate surface area is 129 Å². The van der Waals surface area contributed by atoms with E-state index >= 15 is 0 Å². The molecule has 2 rings (SSSR count). The van der Waals surface area contributed by atoms with E-state index < -0.39 is 5.97 Å². The van der Waals surface area contributed by atoms with E-state index in [1.54, 1.807) is 0 Å². The Hall–Kier alpha value is -0.610. The maximum atomic E-state index is 10.9. The average Bonchev–Trinajstić information content (AvgIpc) is 2.63. The number of carboxylic acids is 1. The summed E-state index contributed by atoms with van der Waals surface area (Å²) in [5, 5.41) is 8.94. The molecule has 4 nitrogen and oxygen atoms in total. The highest BCUT2D eigenvalue weighted by Crippen LogP contribution is 2.32. The minimum absolute atomic E-state index is 0.203. The summed E-state index contributed by atoms with van der Waals surface area (Å²) in [4.78, 5) is 15.6. The SMILES string of the molecule is CC(C)CC1CCCC(N2CCCN(CC(=O)O)CC2)C1. The number of nitrogens with zero attached hydrogens (tertiary/aromatic N) is 2. The van der Waals surface area contributed by atoms with Gasteiger partial charge in [-0.2, -0.15) is 0 Å². The molecular formula is C17H32N2O2. The van der Waals surface area contributed by atoms with Crippen molar-refractivity contribution in [2.24, 2.45) is 11.8 Å². The molecule has 1 N–H and O–H groups in total. The molecule has 0 aromatic rings. The lowest BCUT2D eigenvalue weighted by molar-refractivity contribution is -0.138. The first-order valence-electron chi connectivity index (χ1n) is 8.72. The van der Waals surface area contributed by atoms with Crippen molar-refractivity contribution < 1.29 is 9.90 Å². The lowest BCUT2D eigenvalue weighted by Crippen LogP contribution is -2.41. The molecule has 2 fully saturated rings. The van der Waals surface area contributed by atoms with Gasteiger partial charge >= 0.3 is 5.97 Å². The fraction of sp³-hybridized carbons (Fsp3) is 0.941. The van der Waals surface area contributed by atoms with Crippen molar-refractivity contribution in [2.75, 3.05) is 32.7 Å². The zero-order chi connectivity index (χ0) is 15.2. The van der Waals surface area contributed by atoms with Crippen LogP contribution in [0.5, 0.6) is 0 Å². The van der Waals surface area contributed by atoms with Gasteiger partial charge in [0.15, 0.2) is 0 Å². The Morgan fingerprint density at radius 2 is 1.95 bits per heavy atom. The Morgan fingerprint density at radius 1 is 1.14 bits per heavy atom. The minimum atomic E-state index is -0.696. The second-order valence-corrected chi connectivity index (χ2v) is 7.38. The summed E-state index contributed by atoms with van der Waals surface area (Å²) >= 11 is 0. The zero-order valence-corrected chi connectivity index (χ0v) is 13.8. The van der Waals surface area contributed by atoms with E-state index in [2.05, 4.69) is 23.6 Å². The molecule has 2 unspecified atom stereocenters. The molecule has 1 saturated heterocycles. The fourth-order valence-electron chi connectivity index (χ4n) is 4.18. The largest absolute Gasteiger partial charge is 0.480 e. The Kier molecular flexibility index (Phi) is 6.49. The number of hydrogen-bond acceptors (Lipinski definition) is 3. The van der Waals surface area contributed by atoms with Crippen LogP contribution < -0.4 is 0 Å². The molecule has 2 aliphatic rings. The highest BCUT2D eigenvalue weighted by atomic mass is 16.4. The molecule has 4 heteroatoms. The van der Waals surface area contributed by atoms with Crippen LogP contribution in [0.4, 0.5) is 0 Å². The summed E-state index contributed by atoms with van der Waals surface area (Å²) in [7, 11) is 0. The molecule has 21 heavy (non-hydrogen) atoms. The maximum Gasteiger partial charge on any atom is 0.317 e. The predicted molar refractivity (Wildman–Crippen MR) is 85.5 cm³/mol. The smallest absolute Gasteiger partial charge is 0.317 e. The third-order valence-corrected chi connectivity index (χ3v) is 5.06. The van der Waals surface area contributed by atoms with Crippen LogP contribution in [0.2, 0.25) is 0 Å². The summed E-state index contributed by atoms with van der Waals surface area (Å²) in [5.74, 6) is 1.02. The average molecular weight is 296 g/mol. The van der Waals surface area contributed by atoms with Crippen molar-refractivity contribution in [2.45, 2.75) is 58.4 Å². The molecule has 0 aromatic heterocycles. The van der Waals surface area contributed by atoms with Crippen molar-refractivity contribution in [1.82, 2.24) is 9.80 Å². The molecule has 122 valence electrons. The monoisotopic (exact) mass is 296 g/mol. The Morgan fingerprint density at radius 3 is 2.67 bits per heavy atom. The molecule has 0 bridgehead atoms. The third kappa shape index (κ3) is 5.59. The van der Waals surface area contributed by atoms with Gasteiger partial charge in [0.05, 0.1) is 6.54 Å². The third-order valence-electron chi connectivity index (χ3n) is 5.06. The second-order valence-electron chi connectivity index (χ2n) is 7.38. The van der Waals surface area contributed by atoms with Crippen LogP contribution >= 0.6 is 0 Å². The highest BCUT2D eigenvalue weighted by Gasteiger charge is 2.28. The van der Waals surface area contributed by atoms with Gasteiger partial charge in [-0.05, 0) is 44.1 Å². The number of hydrogen-bond donors (Lipinski definition) is 1. The van der Waals surface area contributed by atoms with Gasteiger partial charge in [0.1, 0.15) is 0 Å². The summed E-state index contributed by atoms with van der Waals surface area (Å²) in [6.07, 6.45) is 7.96. The van der Waals surface area contributed by atoms with Crippen molar-refractivity contribution in [3.8, 4) is 0 Å².